The van der Waals surface area contributed by atoms with E-state index in [-0.39, 0.29) is 23.9 Å². The molecule has 1 aromatic heterocycles. The van der Waals surface area contributed by atoms with Gasteiger partial charge in [0.15, 0.2) is 6.61 Å². The van der Waals surface area contributed by atoms with Crippen molar-refractivity contribution in [2.24, 2.45) is 7.05 Å². The number of benzene rings is 2. The summed E-state index contributed by atoms with van der Waals surface area (Å²) in [5.74, 6) is -0.141. The zero-order valence-corrected chi connectivity index (χ0v) is 13.7. The number of rotatable bonds is 5. The van der Waals surface area contributed by atoms with Crippen molar-refractivity contribution in [1.29, 1.82) is 0 Å². The van der Waals surface area contributed by atoms with Gasteiger partial charge in [0.1, 0.15) is 11.6 Å². The highest BCUT2D eigenvalue weighted by Crippen LogP contribution is 2.22. The highest BCUT2D eigenvalue weighted by atomic mass is 19.1. The number of fused-ring (bicyclic) bond motifs is 1. The number of halogens is 1. The Morgan fingerprint density at radius 3 is 2.64 bits per heavy atom. The number of nitrogens with one attached hydrogen (secondary N) is 1. The summed E-state index contributed by atoms with van der Waals surface area (Å²) in [5.41, 5.74) is 0.673. The second-order valence-corrected chi connectivity index (χ2v) is 5.64. The summed E-state index contributed by atoms with van der Waals surface area (Å²) in [6, 6.07) is 12.8. The van der Waals surface area contributed by atoms with Crippen molar-refractivity contribution in [3.63, 3.8) is 0 Å². The molecular formula is C19H17FN2O3. The fraction of sp³-hybridized carbons (Fsp3) is 0.158. The molecule has 128 valence electrons. The van der Waals surface area contributed by atoms with Gasteiger partial charge in [-0.2, -0.15) is 0 Å². The van der Waals surface area contributed by atoms with E-state index < -0.39 is 0 Å². The van der Waals surface area contributed by atoms with Crippen LogP contribution < -0.4 is 15.6 Å². The number of hydrogen-bond acceptors (Lipinski definition) is 3. The minimum absolute atomic E-state index is 0.122. The second-order valence-electron chi connectivity index (χ2n) is 5.64. The van der Waals surface area contributed by atoms with Crippen LogP contribution in [0, 0.1) is 5.82 Å². The van der Waals surface area contributed by atoms with Crippen LogP contribution in [0.2, 0.25) is 0 Å². The number of aryl methyl sites for hydroxylation is 1. The third-order valence-electron chi connectivity index (χ3n) is 3.84. The molecule has 0 unspecified atom stereocenters. The summed E-state index contributed by atoms with van der Waals surface area (Å²) in [4.78, 5) is 24.0. The van der Waals surface area contributed by atoms with Gasteiger partial charge in [0.05, 0.1) is 5.39 Å². The molecule has 0 saturated carbocycles. The Hall–Kier alpha value is -3.15. The molecule has 1 amide bonds. The smallest absolute Gasteiger partial charge is 0.258 e. The Kier molecular flexibility index (Phi) is 4.79. The van der Waals surface area contributed by atoms with Crippen molar-refractivity contribution < 1.29 is 13.9 Å². The number of carbonyl (C=O) groups excluding carboxylic acids is 1. The molecule has 0 fully saturated rings. The molecule has 6 heteroatoms. The number of hydrogen-bond donors (Lipinski definition) is 1. The molecule has 5 nitrogen and oxygen atoms in total. The van der Waals surface area contributed by atoms with Crippen molar-refractivity contribution in [3.05, 3.63) is 76.5 Å². The number of pyridine rings is 1. The number of amides is 1. The van der Waals surface area contributed by atoms with E-state index in [9.17, 15) is 14.0 Å². The number of carbonyl (C=O) groups is 1. The van der Waals surface area contributed by atoms with E-state index in [2.05, 4.69) is 5.32 Å². The van der Waals surface area contributed by atoms with Crippen molar-refractivity contribution in [1.82, 2.24) is 9.88 Å². The maximum atomic E-state index is 12.8. The fourth-order valence-electron chi connectivity index (χ4n) is 2.47. The van der Waals surface area contributed by atoms with Crippen LogP contribution in [0.5, 0.6) is 5.75 Å². The van der Waals surface area contributed by atoms with Crippen molar-refractivity contribution in [2.45, 2.75) is 6.54 Å². The molecule has 0 bridgehead atoms. The average Bonchev–Trinajstić information content (AvgIpc) is 2.62. The molecule has 0 aliphatic heterocycles. The second kappa shape index (κ2) is 7.17. The van der Waals surface area contributed by atoms with Crippen molar-refractivity contribution >= 4 is 16.7 Å². The lowest BCUT2D eigenvalue weighted by Crippen LogP contribution is -2.28. The van der Waals surface area contributed by atoms with Gasteiger partial charge in [0, 0.05) is 25.2 Å². The summed E-state index contributed by atoms with van der Waals surface area (Å²) in [7, 11) is 1.68. The van der Waals surface area contributed by atoms with E-state index in [1.54, 1.807) is 49.6 Å². The lowest BCUT2D eigenvalue weighted by Gasteiger charge is -2.10. The molecule has 0 aliphatic rings. The van der Waals surface area contributed by atoms with Gasteiger partial charge in [0.2, 0.25) is 0 Å². The van der Waals surface area contributed by atoms with Crippen LogP contribution in [0.15, 0.2) is 59.5 Å². The van der Waals surface area contributed by atoms with Gasteiger partial charge in [0.25, 0.3) is 11.5 Å². The zero-order chi connectivity index (χ0) is 17.8. The van der Waals surface area contributed by atoms with Gasteiger partial charge in [-0.15, -0.1) is 0 Å². The normalized spacial score (nSPS) is 10.6. The van der Waals surface area contributed by atoms with Crippen LogP contribution in [-0.4, -0.2) is 17.1 Å². The maximum Gasteiger partial charge on any atom is 0.258 e. The molecule has 0 aliphatic carbocycles. The van der Waals surface area contributed by atoms with E-state index in [4.69, 9.17) is 4.74 Å². The Balaban J connectivity index is 1.64. The highest BCUT2D eigenvalue weighted by molar-refractivity contribution is 5.88. The first-order chi connectivity index (χ1) is 12.0. The molecule has 1 heterocycles. The van der Waals surface area contributed by atoms with E-state index in [1.165, 1.54) is 16.7 Å². The summed E-state index contributed by atoms with van der Waals surface area (Å²) in [6.07, 6.45) is 1.66. The molecule has 0 atom stereocenters. The number of nitrogens with zero attached hydrogens (tertiary/aromatic N) is 1. The molecule has 0 saturated heterocycles. The average molecular weight is 340 g/mol. The SMILES string of the molecule is Cn1ccc2c(OCC(=O)NCc3ccc(F)cc3)cccc2c1=O. The maximum absolute atomic E-state index is 12.8. The Morgan fingerprint density at radius 2 is 1.88 bits per heavy atom. The summed E-state index contributed by atoms with van der Waals surface area (Å²) in [6.45, 7) is 0.119. The third-order valence-corrected chi connectivity index (χ3v) is 3.84. The first-order valence-electron chi connectivity index (χ1n) is 7.77. The first kappa shape index (κ1) is 16.7. The van der Waals surface area contributed by atoms with Gasteiger partial charge < -0.3 is 14.6 Å². The summed E-state index contributed by atoms with van der Waals surface area (Å²) >= 11 is 0. The zero-order valence-electron chi connectivity index (χ0n) is 13.7. The van der Waals surface area contributed by atoms with Gasteiger partial charge in [-0.1, -0.05) is 18.2 Å². The predicted octanol–water partition coefficient (Wildman–Crippen LogP) is 2.37. The van der Waals surface area contributed by atoms with E-state index in [0.717, 1.165) is 5.56 Å². The molecule has 0 spiro atoms. The fourth-order valence-corrected chi connectivity index (χ4v) is 2.47. The molecule has 0 radical (unpaired) electrons. The lowest BCUT2D eigenvalue weighted by atomic mass is 10.1. The van der Waals surface area contributed by atoms with Gasteiger partial charge in [-0.3, -0.25) is 9.59 Å². The molecule has 2 aromatic carbocycles. The van der Waals surface area contributed by atoms with Gasteiger partial charge in [-0.25, -0.2) is 4.39 Å². The van der Waals surface area contributed by atoms with Crippen LogP contribution in [0.25, 0.3) is 10.8 Å². The lowest BCUT2D eigenvalue weighted by molar-refractivity contribution is -0.123. The quantitative estimate of drug-likeness (QED) is 0.776. The molecular weight excluding hydrogens is 323 g/mol. The van der Waals surface area contributed by atoms with Crippen LogP contribution in [0.1, 0.15) is 5.56 Å². The topological polar surface area (TPSA) is 60.3 Å². The van der Waals surface area contributed by atoms with Gasteiger partial charge >= 0.3 is 0 Å². The molecule has 3 rings (SSSR count). The van der Waals surface area contributed by atoms with Crippen LogP contribution >= 0.6 is 0 Å². The minimum Gasteiger partial charge on any atom is -0.483 e. The largest absolute Gasteiger partial charge is 0.483 e. The molecule has 3 aromatic rings. The Bertz CT molecular complexity index is 965. The van der Waals surface area contributed by atoms with Gasteiger partial charge in [-0.05, 0) is 35.9 Å². The molecule has 25 heavy (non-hydrogen) atoms. The molecule has 1 N–H and O–H groups in total. The van der Waals surface area contributed by atoms with Crippen molar-refractivity contribution in [2.75, 3.05) is 6.61 Å². The van der Waals surface area contributed by atoms with E-state index in [0.29, 0.717) is 23.1 Å². The number of aromatic nitrogens is 1. The van der Waals surface area contributed by atoms with E-state index in [1.807, 2.05) is 0 Å². The predicted molar refractivity (Wildman–Crippen MR) is 92.9 cm³/mol. The summed E-state index contributed by atoms with van der Waals surface area (Å²) < 4.78 is 19.9. The van der Waals surface area contributed by atoms with Crippen molar-refractivity contribution in [3.8, 4) is 5.75 Å². The van der Waals surface area contributed by atoms with Crippen LogP contribution in [0.4, 0.5) is 4.39 Å². The highest BCUT2D eigenvalue weighted by Gasteiger charge is 2.08. The van der Waals surface area contributed by atoms with Crippen LogP contribution in [-0.2, 0) is 18.4 Å². The first-order valence-corrected chi connectivity index (χ1v) is 7.77. The third kappa shape index (κ3) is 3.85. The number of ether oxygens (including phenoxy) is 1. The standard InChI is InChI=1S/C19H17FN2O3/c1-22-10-9-15-16(19(22)24)3-2-4-17(15)25-12-18(23)21-11-13-5-7-14(20)8-6-13/h2-10H,11-12H2,1H3,(H,21,23). The van der Waals surface area contributed by atoms with Crippen LogP contribution in [0.3, 0.4) is 0 Å². The monoisotopic (exact) mass is 340 g/mol. The van der Waals surface area contributed by atoms with E-state index >= 15 is 0 Å². The minimum atomic E-state index is -0.319. The Labute approximate surface area is 143 Å². The summed E-state index contributed by atoms with van der Waals surface area (Å²) in [5, 5.41) is 3.91. The Morgan fingerprint density at radius 1 is 1.12 bits per heavy atom.